The first kappa shape index (κ1) is 22.3. The standard InChI is InChI=1S/C27H33N3O2/c1-29-15-17-30(18-16-29)21-23-13-11-22(12-14-23)20-28-27(31)10-5-19-32-26-9-4-7-24-6-2-3-8-25(24)26/h2-4,6-9,11-14H,5,10,15-21H2,1H3,(H,28,31). The lowest BCUT2D eigenvalue weighted by atomic mass is 10.1. The number of ether oxygens (including phenoxy) is 1. The molecule has 5 heteroatoms. The van der Waals surface area contributed by atoms with E-state index in [0.29, 0.717) is 26.0 Å². The van der Waals surface area contributed by atoms with Gasteiger partial charge in [-0.25, -0.2) is 0 Å². The van der Waals surface area contributed by atoms with E-state index in [4.69, 9.17) is 4.74 Å². The third kappa shape index (κ3) is 6.31. The fourth-order valence-electron chi connectivity index (χ4n) is 4.05. The molecule has 1 fully saturated rings. The minimum atomic E-state index is 0.0630. The Balaban J connectivity index is 1.15. The number of benzene rings is 3. The molecule has 0 spiro atoms. The maximum atomic E-state index is 12.2. The minimum absolute atomic E-state index is 0.0630. The molecule has 5 nitrogen and oxygen atoms in total. The molecule has 4 rings (SSSR count). The van der Waals surface area contributed by atoms with Gasteiger partial charge >= 0.3 is 0 Å². The van der Waals surface area contributed by atoms with Crippen molar-refractivity contribution in [1.82, 2.24) is 15.1 Å². The number of nitrogens with one attached hydrogen (secondary N) is 1. The molecule has 3 aromatic rings. The predicted octanol–water partition coefficient (Wildman–Crippen LogP) is 4.06. The van der Waals surface area contributed by atoms with Gasteiger partial charge in [0.05, 0.1) is 6.61 Å². The van der Waals surface area contributed by atoms with Gasteiger partial charge in [0.1, 0.15) is 5.75 Å². The van der Waals surface area contributed by atoms with E-state index in [1.807, 2.05) is 24.3 Å². The maximum Gasteiger partial charge on any atom is 0.220 e. The highest BCUT2D eigenvalue weighted by atomic mass is 16.5. The second-order valence-corrected chi connectivity index (χ2v) is 8.60. The molecule has 0 saturated carbocycles. The second kappa shape index (κ2) is 11.1. The van der Waals surface area contributed by atoms with Crippen LogP contribution in [0, 0.1) is 0 Å². The molecule has 0 aromatic heterocycles. The molecular weight excluding hydrogens is 398 g/mol. The number of amides is 1. The smallest absolute Gasteiger partial charge is 0.220 e. The van der Waals surface area contributed by atoms with Gasteiger partial charge < -0.3 is 15.0 Å². The molecule has 32 heavy (non-hydrogen) atoms. The summed E-state index contributed by atoms with van der Waals surface area (Å²) in [6.07, 6.45) is 1.16. The zero-order valence-corrected chi connectivity index (χ0v) is 18.9. The Hall–Kier alpha value is -2.89. The number of hydrogen-bond donors (Lipinski definition) is 1. The Morgan fingerprint density at radius 3 is 2.44 bits per heavy atom. The van der Waals surface area contributed by atoms with E-state index in [9.17, 15) is 4.79 Å². The van der Waals surface area contributed by atoms with Crippen molar-refractivity contribution >= 4 is 16.7 Å². The molecular formula is C27H33N3O2. The van der Waals surface area contributed by atoms with Crippen LogP contribution in [0.4, 0.5) is 0 Å². The minimum Gasteiger partial charge on any atom is -0.493 e. The molecule has 1 aliphatic heterocycles. The molecule has 0 atom stereocenters. The molecule has 0 radical (unpaired) electrons. The third-order valence-electron chi connectivity index (χ3n) is 6.07. The number of carbonyl (C=O) groups is 1. The molecule has 1 amide bonds. The van der Waals surface area contributed by atoms with Gasteiger partial charge in [0.25, 0.3) is 0 Å². The lowest BCUT2D eigenvalue weighted by Gasteiger charge is -2.32. The quantitative estimate of drug-likeness (QED) is 0.519. The molecule has 0 aliphatic carbocycles. The van der Waals surface area contributed by atoms with E-state index in [-0.39, 0.29) is 5.91 Å². The summed E-state index contributed by atoms with van der Waals surface area (Å²) in [5.41, 5.74) is 2.46. The summed E-state index contributed by atoms with van der Waals surface area (Å²) < 4.78 is 5.93. The summed E-state index contributed by atoms with van der Waals surface area (Å²) in [5, 5.41) is 5.29. The molecule has 1 N–H and O–H groups in total. The topological polar surface area (TPSA) is 44.8 Å². The van der Waals surface area contributed by atoms with Gasteiger partial charge in [0.15, 0.2) is 0 Å². The van der Waals surface area contributed by atoms with Crippen molar-refractivity contribution in [3.05, 3.63) is 77.9 Å². The lowest BCUT2D eigenvalue weighted by Crippen LogP contribution is -2.43. The van der Waals surface area contributed by atoms with E-state index in [2.05, 4.69) is 64.6 Å². The van der Waals surface area contributed by atoms with Crippen molar-refractivity contribution in [1.29, 1.82) is 0 Å². The van der Waals surface area contributed by atoms with E-state index in [1.54, 1.807) is 0 Å². The fraction of sp³-hybridized carbons (Fsp3) is 0.370. The van der Waals surface area contributed by atoms with Crippen LogP contribution < -0.4 is 10.1 Å². The van der Waals surface area contributed by atoms with Crippen LogP contribution in [0.1, 0.15) is 24.0 Å². The third-order valence-corrected chi connectivity index (χ3v) is 6.07. The van der Waals surface area contributed by atoms with Crippen molar-refractivity contribution in [2.75, 3.05) is 39.8 Å². The van der Waals surface area contributed by atoms with Crippen LogP contribution in [0.3, 0.4) is 0 Å². The van der Waals surface area contributed by atoms with E-state index in [1.165, 1.54) is 5.56 Å². The lowest BCUT2D eigenvalue weighted by molar-refractivity contribution is -0.121. The van der Waals surface area contributed by atoms with Gasteiger partial charge in [-0.2, -0.15) is 0 Å². The molecule has 0 bridgehead atoms. The Morgan fingerprint density at radius 1 is 0.906 bits per heavy atom. The zero-order valence-electron chi connectivity index (χ0n) is 18.9. The van der Waals surface area contributed by atoms with Crippen LogP contribution in [0.5, 0.6) is 5.75 Å². The summed E-state index contributed by atoms with van der Waals surface area (Å²) in [7, 11) is 2.18. The first-order valence-corrected chi connectivity index (χ1v) is 11.5. The van der Waals surface area contributed by atoms with Gasteiger partial charge in [-0.1, -0.05) is 60.7 Å². The van der Waals surface area contributed by atoms with Gasteiger partial charge in [-0.15, -0.1) is 0 Å². The predicted molar refractivity (Wildman–Crippen MR) is 130 cm³/mol. The van der Waals surface area contributed by atoms with Gasteiger partial charge in [-0.05, 0) is 36.0 Å². The second-order valence-electron chi connectivity index (χ2n) is 8.60. The monoisotopic (exact) mass is 431 g/mol. The number of likely N-dealkylation sites (N-methyl/N-ethyl adjacent to an activating group) is 1. The zero-order chi connectivity index (χ0) is 22.2. The van der Waals surface area contributed by atoms with Crippen LogP contribution in [0.2, 0.25) is 0 Å². The largest absolute Gasteiger partial charge is 0.493 e. The van der Waals surface area contributed by atoms with Gasteiger partial charge in [0, 0.05) is 51.1 Å². The molecule has 0 unspecified atom stereocenters. The van der Waals surface area contributed by atoms with Crippen LogP contribution in [0.15, 0.2) is 66.7 Å². The summed E-state index contributed by atoms with van der Waals surface area (Å²) in [5.74, 6) is 0.938. The number of carbonyl (C=O) groups excluding carboxylic acids is 1. The van der Waals surface area contributed by atoms with Crippen molar-refractivity contribution in [3.63, 3.8) is 0 Å². The number of hydrogen-bond acceptors (Lipinski definition) is 4. The first-order valence-electron chi connectivity index (χ1n) is 11.5. The Kier molecular flexibility index (Phi) is 7.75. The van der Waals surface area contributed by atoms with E-state index in [0.717, 1.165) is 54.8 Å². The van der Waals surface area contributed by atoms with E-state index < -0.39 is 0 Å². The van der Waals surface area contributed by atoms with Crippen molar-refractivity contribution in [2.24, 2.45) is 0 Å². The highest BCUT2D eigenvalue weighted by molar-refractivity contribution is 5.88. The maximum absolute atomic E-state index is 12.2. The number of rotatable bonds is 9. The Labute approximate surface area is 191 Å². The average molecular weight is 432 g/mol. The van der Waals surface area contributed by atoms with Crippen LogP contribution in [-0.4, -0.2) is 55.5 Å². The molecule has 1 heterocycles. The van der Waals surface area contributed by atoms with Crippen molar-refractivity contribution in [3.8, 4) is 5.75 Å². The van der Waals surface area contributed by atoms with Crippen molar-refractivity contribution in [2.45, 2.75) is 25.9 Å². The molecule has 3 aromatic carbocycles. The highest BCUT2D eigenvalue weighted by Crippen LogP contribution is 2.25. The van der Waals surface area contributed by atoms with E-state index >= 15 is 0 Å². The summed E-state index contributed by atoms with van der Waals surface area (Å²) in [6.45, 7) is 6.61. The number of piperazine rings is 1. The Bertz CT molecular complexity index is 1010. The molecule has 1 saturated heterocycles. The number of nitrogens with zero attached hydrogens (tertiary/aromatic N) is 2. The van der Waals surface area contributed by atoms with Gasteiger partial charge in [-0.3, -0.25) is 9.69 Å². The van der Waals surface area contributed by atoms with Crippen LogP contribution >= 0.6 is 0 Å². The normalized spacial score (nSPS) is 15.0. The number of fused-ring (bicyclic) bond motifs is 1. The average Bonchev–Trinajstić information content (AvgIpc) is 2.83. The summed E-state index contributed by atoms with van der Waals surface area (Å²) >= 11 is 0. The van der Waals surface area contributed by atoms with Crippen LogP contribution in [-0.2, 0) is 17.9 Å². The first-order chi connectivity index (χ1) is 15.7. The van der Waals surface area contributed by atoms with Crippen LogP contribution in [0.25, 0.3) is 10.8 Å². The highest BCUT2D eigenvalue weighted by Gasteiger charge is 2.13. The fourth-order valence-corrected chi connectivity index (χ4v) is 4.05. The molecule has 1 aliphatic rings. The SMILES string of the molecule is CN1CCN(Cc2ccc(CNC(=O)CCCOc3cccc4ccccc34)cc2)CC1. The van der Waals surface area contributed by atoms with Gasteiger partial charge in [0.2, 0.25) is 5.91 Å². The molecule has 168 valence electrons. The summed E-state index contributed by atoms with van der Waals surface area (Å²) in [4.78, 5) is 17.1. The Morgan fingerprint density at radius 2 is 1.62 bits per heavy atom. The van der Waals surface area contributed by atoms with Crippen molar-refractivity contribution < 1.29 is 9.53 Å². The summed E-state index contributed by atoms with van der Waals surface area (Å²) in [6, 6.07) is 22.8.